The lowest BCUT2D eigenvalue weighted by Crippen LogP contribution is -2.40. The normalized spacial score (nSPS) is 16.8. The van der Waals surface area contributed by atoms with Crippen molar-refractivity contribution in [1.82, 2.24) is 0 Å². The molecule has 3 nitrogen and oxygen atoms in total. The molecule has 0 radical (unpaired) electrons. The van der Waals surface area contributed by atoms with Crippen LogP contribution in [0, 0.1) is 0 Å². The van der Waals surface area contributed by atoms with E-state index >= 15 is 0 Å². The van der Waals surface area contributed by atoms with Gasteiger partial charge >= 0.3 is 5.97 Å². The van der Waals surface area contributed by atoms with Gasteiger partial charge in [0.15, 0.2) is 0 Å². The Labute approximate surface area is 52.7 Å². The van der Waals surface area contributed by atoms with Crippen LogP contribution in [0.4, 0.5) is 4.39 Å². The Morgan fingerprint density at radius 1 is 1.89 bits per heavy atom. The van der Waals surface area contributed by atoms with Crippen molar-refractivity contribution in [3.8, 4) is 0 Å². The predicted octanol–water partition coefficient (Wildman–Crippen LogP) is 0.148. The number of carbonyl (C=O) groups is 1. The van der Waals surface area contributed by atoms with E-state index in [0.29, 0.717) is 0 Å². The van der Waals surface area contributed by atoms with Gasteiger partial charge in [0.25, 0.3) is 0 Å². The van der Waals surface area contributed by atoms with Gasteiger partial charge in [0.1, 0.15) is 6.67 Å². The fourth-order valence-electron chi connectivity index (χ4n) is 0.393. The number of aliphatic carboxylic acids is 1. The molecule has 1 unspecified atom stereocenters. The van der Waals surface area contributed by atoms with Gasteiger partial charge in [-0.15, -0.1) is 0 Å². The highest BCUT2D eigenvalue weighted by Gasteiger charge is 2.21. The molecule has 0 saturated heterocycles. The summed E-state index contributed by atoms with van der Waals surface area (Å²) in [6, 6.07) is 0. The molecule has 0 aliphatic heterocycles. The summed E-state index contributed by atoms with van der Waals surface area (Å²) in [7, 11) is 0. The third kappa shape index (κ3) is 3.90. The number of carboxylic acids is 1. The molecule has 0 fully saturated rings. The first-order valence-electron chi connectivity index (χ1n) is 2.54. The number of alkyl halides is 1. The summed E-state index contributed by atoms with van der Waals surface area (Å²) in [5, 5.41) is 8.13. The summed E-state index contributed by atoms with van der Waals surface area (Å²) < 4.78 is 11.7. The van der Waals surface area contributed by atoms with Gasteiger partial charge in [0, 0.05) is 0 Å². The zero-order chi connectivity index (χ0) is 7.49. The van der Waals surface area contributed by atoms with Crippen LogP contribution in [0.25, 0.3) is 0 Å². The van der Waals surface area contributed by atoms with Gasteiger partial charge in [0.05, 0.1) is 12.0 Å². The highest BCUT2D eigenvalue weighted by molar-refractivity contribution is 5.68. The molecule has 9 heavy (non-hydrogen) atoms. The minimum absolute atomic E-state index is 0.330. The van der Waals surface area contributed by atoms with E-state index in [9.17, 15) is 9.18 Å². The first kappa shape index (κ1) is 8.36. The minimum atomic E-state index is -1.20. The molecule has 0 aliphatic rings. The van der Waals surface area contributed by atoms with Gasteiger partial charge in [-0.2, -0.15) is 0 Å². The van der Waals surface area contributed by atoms with Crippen LogP contribution in [-0.4, -0.2) is 23.3 Å². The third-order valence-electron chi connectivity index (χ3n) is 0.860. The Hall–Kier alpha value is -0.640. The van der Waals surface area contributed by atoms with Gasteiger partial charge in [0.2, 0.25) is 0 Å². The summed E-state index contributed by atoms with van der Waals surface area (Å²) in [5.74, 6) is -1.07. The smallest absolute Gasteiger partial charge is 0.305 e. The molecular weight excluding hydrogens is 125 g/mol. The fraction of sp³-hybridized carbons (Fsp3) is 0.800. The number of nitrogens with two attached hydrogens (primary N) is 1. The molecule has 1 atom stereocenters. The molecule has 0 aromatic heterocycles. The predicted molar refractivity (Wildman–Crippen MR) is 30.8 cm³/mol. The monoisotopic (exact) mass is 135 g/mol. The molecule has 0 amide bonds. The van der Waals surface area contributed by atoms with Crippen molar-refractivity contribution < 1.29 is 14.3 Å². The van der Waals surface area contributed by atoms with E-state index in [1.54, 1.807) is 0 Å². The Morgan fingerprint density at radius 3 is 2.44 bits per heavy atom. The van der Waals surface area contributed by atoms with E-state index < -0.39 is 18.2 Å². The quantitative estimate of drug-likeness (QED) is 0.578. The first-order valence-corrected chi connectivity index (χ1v) is 2.54. The van der Waals surface area contributed by atoms with E-state index in [2.05, 4.69) is 0 Å². The largest absolute Gasteiger partial charge is 0.481 e. The average molecular weight is 135 g/mol. The highest BCUT2D eigenvalue weighted by Crippen LogP contribution is 2.04. The average Bonchev–Trinajstić information content (AvgIpc) is 1.63. The maximum absolute atomic E-state index is 11.7. The van der Waals surface area contributed by atoms with Crippen molar-refractivity contribution in [2.24, 2.45) is 5.73 Å². The molecule has 54 valence electrons. The zero-order valence-corrected chi connectivity index (χ0v) is 5.22. The van der Waals surface area contributed by atoms with Gasteiger partial charge in [-0.05, 0) is 6.92 Å². The lowest BCUT2D eigenvalue weighted by molar-refractivity contribution is -0.138. The van der Waals surface area contributed by atoms with Gasteiger partial charge in [-0.3, -0.25) is 4.79 Å². The lowest BCUT2D eigenvalue weighted by Gasteiger charge is -2.16. The van der Waals surface area contributed by atoms with Crippen LogP contribution in [0.5, 0.6) is 0 Å². The summed E-state index contributed by atoms with van der Waals surface area (Å²) in [6.45, 7) is 0.556. The molecule has 0 spiro atoms. The third-order valence-corrected chi connectivity index (χ3v) is 0.860. The van der Waals surface area contributed by atoms with Crippen LogP contribution < -0.4 is 5.73 Å². The Kier molecular flexibility index (Phi) is 2.58. The van der Waals surface area contributed by atoms with Crippen molar-refractivity contribution in [3.05, 3.63) is 0 Å². The van der Waals surface area contributed by atoms with Crippen LogP contribution in [0.15, 0.2) is 0 Å². The summed E-state index contributed by atoms with van der Waals surface area (Å²) in [5.41, 5.74) is 3.96. The lowest BCUT2D eigenvalue weighted by atomic mass is 10.0. The van der Waals surface area contributed by atoms with Crippen LogP contribution in [-0.2, 0) is 4.79 Å². The van der Waals surface area contributed by atoms with Crippen LogP contribution >= 0.6 is 0 Å². The van der Waals surface area contributed by atoms with Gasteiger partial charge in [-0.1, -0.05) is 0 Å². The molecule has 3 N–H and O–H groups in total. The second kappa shape index (κ2) is 2.77. The van der Waals surface area contributed by atoms with Gasteiger partial charge in [-0.25, -0.2) is 4.39 Å². The van der Waals surface area contributed by atoms with E-state index in [0.717, 1.165) is 0 Å². The SMILES string of the molecule is CC(N)(CF)CC(=O)O. The Balaban J connectivity index is 3.71. The molecule has 0 heterocycles. The number of rotatable bonds is 3. The van der Waals surface area contributed by atoms with Crippen molar-refractivity contribution >= 4 is 5.97 Å². The summed E-state index contributed by atoms with van der Waals surface area (Å²) in [4.78, 5) is 9.93. The molecule has 0 aromatic rings. The molecule has 0 aromatic carbocycles. The number of halogens is 1. The van der Waals surface area contributed by atoms with Crippen molar-refractivity contribution in [3.63, 3.8) is 0 Å². The molecule has 0 rings (SSSR count). The molecule has 0 saturated carbocycles. The second-order valence-corrected chi connectivity index (χ2v) is 2.36. The molecular formula is C5H10FNO2. The standard InChI is InChI=1S/C5H10FNO2/c1-5(7,3-6)2-4(8)9/h2-3,7H2,1H3,(H,8,9). The van der Waals surface area contributed by atoms with E-state index in [1.165, 1.54) is 6.92 Å². The van der Waals surface area contributed by atoms with Gasteiger partial charge < -0.3 is 10.8 Å². The van der Waals surface area contributed by atoms with Crippen LogP contribution in [0.1, 0.15) is 13.3 Å². The fourth-order valence-corrected chi connectivity index (χ4v) is 0.393. The van der Waals surface area contributed by atoms with Crippen LogP contribution in [0.2, 0.25) is 0 Å². The number of hydrogen-bond acceptors (Lipinski definition) is 2. The zero-order valence-electron chi connectivity index (χ0n) is 5.22. The second-order valence-electron chi connectivity index (χ2n) is 2.36. The number of carboxylic acid groups (broad SMARTS) is 1. The van der Waals surface area contributed by atoms with E-state index in [4.69, 9.17) is 10.8 Å². The maximum atomic E-state index is 11.7. The summed E-state index contributed by atoms with van der Waals surface area (Å²) >= 11 is 0. The van der Waals surface area contributed by atoms with Crippen molar-refractivity contribution in [1.29, 1.82) is 0 Å². The highest BCUT2D eigenvalue weighted by atomic mass is 19.1. The van der Waals surface area contributed by atoms with Crippen LogP contribution in [0.3, 0.4) is 0 Å². The van der Waals surface area contributed by atoms with E-state index in [1.807, 2.05) is 0 Å². The van der Waals surface area contributed by atoms with Crippen molar-refractivity contribution in [2.75, 3.05) is 6.67 Å². The topological polar surface area (TPSA) is 63.3 Å². The maximum Gasteiger partial charge on any atom is 0.305 e. The molecule has 0 bridgehead atoms. The number of hydrogen-bond donors (Lipinski definition) is 2. The van der Waals surface area contributed by atoms with E-state index in [-0.39, 0.29) is 6.42 Å². The minimum Gasteiger partial charge on any atom is -0.481 e. The Bertz CT molecular complexity index is 114. The molecule has 0 aliphatic carbocycles. The summed E-state index contributed by atoms with van der Waals surface area (Å²) in [6.07, 6.45) is -0.330. The Morgan fingerprint density at radius 2 is 2.33 bits per heavy atom. The molecule has 4 heteroatoms. The first-order chi connectivity index (χ1) is 3.98. The van der Waals surface area contributed by atoms with Crippen molar-refractivity contribution in [2.45, 2.75) is 18.9 Å².